The van der Waals surface area contributed by atoms with Crippen molar-refractivity contribution >= 4 is 0 Å². The van der Waals surface area contributed by atoms with Crippen molar-refractivity contribution in [3.8, 4) is 0 Å². The molecule has 1 aromatic rings. The summed E-state index contributed by atoms with van der Waals surface area (Å²) in [6.45, 7) is 3.42. The van der Waals surface area contributed by atoms with Gasteiger partial charge in [0.2, 0.25) is 0 Å². The van der Waals surface area contributed by atoms with Crippen molar-refractivity contribution in [1.29, 1.82) is 0 Å². The molecule has 1 aliphatic carbocycles. The van der Waals surface area contributed by atoms with Crippen LogP contribution >= 0.6 is 0 Å². The van der Waals surface area contributed by atoms with Gasteiger partial charge in [-0.1, -0.05) is 56.5 Å². The molecule has 1 fully saturated rings. The lowest BCUT2D eigenvalue weighted by atomic mass is 10.0. The van der Waals surface area contributed by atoms with Gasteiger partial charge in [-0.25, -0.2) is 0 Å². The van der Waals surface area contributed by atoms with Crippen LogP contribution in [0.1, 0.15) is 44.6 Å². The predicted octanol–water partition coefficient (Wildman–Crippen LogP) is 3.79. The fourth-order valence-electron chi connectivity index (χ4n) is 2.47. The largest absolute Gasteiger partial charge is 0.314 e. The number of hydrogen-bond acceptors (Lipinski definition) is 1. The molecule has 0 radical (unpaired) electrons. The van der Waals surface area contributed by atoms with Gasteiger partial charge in [-0.3, -0.25) is 0 Å². The van der Waals surface area contributed by atoms with E-state index in [4.69, 9.17) is 0 Å². The van der Waals surface area contributed by atoms with Gasteiger partial charge in [-0.05, 0) is 37.3 Å². The molecule has 17 heavy (non-hydrogen) atoms. The molecule has 2 rings (SSSR count). The summed E-state index contributed by atoms with van der Waals surface area (Å²) in [6, 6.07) is 11.5. The normalized spacial score (nSPS) is 17.0. The van der Waals surface area contributed by atoms with Crippen LogP contribution in [-0.4, -0.2) is 12.6 Å². The Kier molecular flexibility index (Phi) is 5.06. The summed E-state index contributed by atoms with van der Waals surface area (Å²) >= 11 is 0. The molecule has 1 saturated carbocycles. The first-order chi connectivity index (χ1) is 8.38. The number of rotatable bonds is 8. The van der Waals surface area contributed by atoms with Gasteiger partial charge in [0.15, 0.2) is 0 Å². The van der Waals surface area contributed by atoms with Crippen molar-refractivity contribution in [2.45, 2.75) is 51.5 Å². The highest BCUT2D eigenvalue weighted by atomic mass is 14.9. The molecular weight excluding hydrogens is 206 g/mol. The van der Waals surface area contributed by atoms with E-state index in [9.17, 15) is 0 Å². The predicted molar refractivity (Wildman–Crippen MR) is 74.2 cm³/mol. The minimum Gasteiger partial charge on any atom is -0.314 e. The molecule has 1 aromatic carbocycles. The zero-order valence-corrected chi connectivity index (χ0v) is 11.0. The molecule has 1 atom stereocenters. The summed E-state index contributed by atoms with van der Waals surface area (Å²) in [5.74, 6) is 1.04. The van der Waals surface area contributed by atoms with Crippen LogP contribution in [0.5, 0.6) is 0 Å². The van der Waals surface area contributed by atoms with Gasteiger partial charge in [0.1, 0.15) is 0 Å². The molecule has 0 amide bonds. The molecule has 0 aromatic heterocycles. The second kappa shape index (κ2) is 6.80. The van der Waals surface area contributed by atoms with E-state index >= 15 is 0 Å². The fourth-order valence-corrected chi connectivity index (χ4v) is 2.47. The minimum absolute atomic E-state index is 0.760. The summed E-state index contributed by atoms with van der Waals surface area (Å²) in [5.41, 5.74) is 1.45. The Morgan fingerprint density at radius 1 is 1.24 bits per heavy atom. The number of benzene rings is 1. The summed E-state index contributed by atoms with van der Waals surface area (Å²) in [6.07, 6.45) is 8.15. The Balaban J connectivity index is 1.67. The van der Waals surface area contributed by atoms with E-state index in [0.29, 0.717) is 0 Å². The van der Waals surface area contributed by atoms with Crippen molar-refractivity contribution < 1.29 is 0 Å². The van der Waals surface area contributed by atoms with Crippen molar-refractivity contribution in [2.24, 2.45) is 5.92 Å². The molecule has 1 N–H and O–H groups in total. The van der Waals surface area contributed by atoms with Crippen LogP contribution in [0.3, 0.4) is 0 Å². The molecule has 0 saturated heterocycles. The van der Waals surface area contributed by atoms with Crippen molar-refractivity contribution in [3.63, 3.8) is 0 Å². The lowest BCUT2D eigenvalue weighted by Gasteiger charge is -2.17. The highest BCUT2D eigenvalue weighted by Crippen LogP contribution is 2.34. The number of hydrogen-bond donors (Lipinski definition) is 1. The van der Waals surface area contributed by atoms with Gasteiger partial charge in [0, 0.05) is 6.04 Å². The summed E-state index contributed by atoms with van der Waals surface area (Å²) in [4.78, 5) is 0. The lowest BCUT2D eigenvalue weighted by Crippen LogP contribution is -2.31. The smallest absolute Gasteiger partial charge is 0.00697 e. The third-order valence-corrected chi connectivity index (χ3v) is 3.64. The van der Waals surface area contributed by atoms with E-state index < -0.39 is 0 Å². The zero-order chi connectivity index (χ0) is 11.9. The lowest BCUT2D eigenvalue weighted by molar-refractivity contribution is 0.431. The maximum Gasteiger partial charge on any atom is 0.00697 e. The Labute approximate surface area is 106 Å². The second-order valence-corrected chi connectivity index (χ2v) is 5.35. The average molecular weight is 231 g/mol. The first-order valence-electron chi connectivity index (χ1n) is 7.15. The third kappa shape index (κ3) is 4.91. The fraction of sp³-hybridized carbons (Fsp3) is 0.625. The first kappa shape index (κ1) is 12.6. The van der Waals surface area contributed by atoms with E-state index in [-0.39, 0.29) is 0 Å². The molecule has 1 unspecified atom stereocenters. The van der Waals surface area contributed by atoms with Crippen molar-refractivity contribution in [3.05, 3.63) is 35.9 Å². The summed E-state index contributed by atoms with van der Waals surface area (Å²) in [7, 11) is 0. The molecule has 1 nitrogen and oxygen atoms in total. The average Bonchev–Trinajstić information content (AvgIpc) is 3.15. The molecule has 1 heteroatoms. The van der Waals surface area contributed by atoms with E-state index in [2.05, 4.69) is 42.6 Å². The molecule has 0 aliphatic heterocycles. The maximum atomic E-state index is 3.74. The van der Waals surface area contributed by atoms with Gasteiger partial charge >= 0.3 is 0 Å². The quantitative estimate of drug-likeness (QED) is 0.718. The van der Waals surface area contributed by atoms with Crippen LogP contribution in [0, 0.1) is 5.92 Å². The monoisotopic (exact) mass is 231 g/mol. The molecule has 0 spiro atoms. The molecular formula is C16H25N. The summed E-state index contributed by atoms with van der Waals surface area (Å²) in [5, 5.41) is 3.74. The van der Waals surface area contributed by atoms with Crippen LogP contribution in [0.15, 0.2) is 30.3 Å². The molecule has 1 aliphatic rings. The Hall–Kier alpha value is -0.820. The topological polar surface area (TPSA) is 12.0 Å². The minimum atomic E-state index is 0.760. The van der Waals surface area contributed by atoms with E-state index in [1.807, 2.05) is 0 Å². The van der Waals surface area contributed by atoms with Crippen LogP contribution in [0.2, 0.25) is 0 Å². The molecule has 0 bridgehead atoms. The van der Waals surface area contributed by atoms with E-state index in [1.54, 1.807) is 0 Å². The van der Waals surface area contributed by atoms with Gasteiger partial charge in [-0.2, -0.15) is 0 Å². The van der Waals surface area contributed by atoms with Crippen LogP contribution in [0.4, 0.5) is 0 Å². The van der Waals surface area contributed by atoms with Crippen LogP contribution in [-0.2, 0) is 6.42 Å². The highest BCUT2D eigenvalue weighted by molar-refractivity contribution is 5.14. The standard InChI is InChI=1S/C16H25N/c1-2-6-16(13-15-9-10-15)17-12-11-14-7-4-3-5-8-14/h3-5,7-8,15-17H,2,6,9-13H2,1H3. The highest BCUT2D eigenvalue weighted by Gasteiger charge is 2.24. The van der Waals surface area contributed by atoms with Gasteiger partial charge in [0.25, 0.3) is 0 Å². The van der Waals surface area contributed by atoms with Crippen LogP contribution < -0.4 is 5.32 Å². The molecule has 0 heterocycles. The van der Waals surface area contributed by atoms with Gasteiger partial charge in [-0.15, -0.1) is 0 Å². The second-order valence-electron chi connectivity index (χ2n) is 5.35. The van der Waals surface area contributed by atoms with Gasteiger partial charge in [0.05, 0.1) is 0 Å². The first-order valence-corrected chi connectivity index (χ1v) is 7.15. The van der Waals surface area contributed by atoms with Gasteiger partial charge < -0.3 is 5.32 Å². The van der Waals surface area contributed by atoms with Crippen LogP contribution in [0.25, 0.3) is 0 Å². The number of nitrogens with one attached hydrogen (secondary N) is 1. The maximum absolute atomic E-state index is 3.74. The van der Waals surface area contributed by atoms with E-state index in [0.717, 1.165) is 24.9 Å². The Morgan fingerprint density at radius 2 is 2.00 bits per heavy atom. The SMILES string of the molecule is CCCC(CC1CC1)NCCc1ccccc1. The van der Waals surface area contributed by atoms with E-state index in [1.165, 1.54) is 37.7 Å². The third-order valence-electron chi connectivity index (χ3n) is 3.64. The van der Waals surface area contributed by atoms with Crippen molar-refractivity contribution in [2.75, 3.05) is 6.54 Å². The Bertz CT molecular complexity index is 303. The summed E-state index contributed by atoms with van der Waals surface area (Å²) < 4.78 is 0. The van der Waals surface area contributed by atoms with Crippen molar-refractivity contribution in [1.82, 2.24) is 5.32 Å². The molecule has 94 valence electrons. The Morgan fingerprint density at radius 3 is 2.65 bits per heavy atom. The zero-order valence-electron chi connectivity index (χ0n) is 11.0.